The third-order valence-corrected chi connectivity index (χ3v) is 2.66. The van der Waals surface area contributed by atoms with Gasteiger partial charge < -0.3 is 9.64 Å². The number of hydrogen-bond donors (Lipinski definition) is 0. The molecule has 0 bridgehead atoms. The number of nitrogens with zero attached hydrogens (tertiary/aromatic N) is 3. The van der Waals surface area contributed by atoms with Gasteiger partial charge in [-0.25, -0.2) is 0 Å². The summed E-state index contributed by atoms with van der Waals surface area (Å²) >= 11 is 5.66. The summed E-state index contributed by atoms with van der Waals surface area (Å²) in [6, 6.07) is 3.89. The Morgan fingerprint density at radius 3 is 2.93 bits per heavy atom. The van der Waals surface area contributed by atoms with Crippen LogP contribution in [0.1, 0.15) is 12.1 Å². The maximum Gasteiger partial charge on any atom is 0.151 e. The molecule has 1 aromatic rings. The fraction of sp³-hybridized carbons (Fsp3) is 0.600. The first-order valence-electron chi connectivity index (χ1n) is 5.11. The third-order valence-electron chi connectivity index (χ3n) is 2.39. The molecule has 15 heavy (non-hydrogen) atoms. The lowest BCUT2D eigenvalue weighted by Crippen LogP contribution is -2.27. The lowest BCUT2D eigenvalue weighted by atomic mass is 10.3. The van der Waals surface area contributed by atoms with Gasteiger partial charge in [0.15, 0.2) is 5.82 Å². The zero-order valence-corrected chi connectivity index (χ0v) is 9.28. The molecule has 1 aliphatic rings. The Hall–Kier alpha value is -0.870. The SMILES string of the molecule is ClCc1ccc(N2CCCOCC2)nn1. The number of halogens is 1. The van der Waals surface area contributed by atoms with E-state index >= 15 is 0 Å². The minimum absolute atomic E-state index is 0.413. The maximum absolute atomic E-state index is 5.66. The molecule has 0 atom stereocenters. The fourth-order valence-electron chi connectivity index (χ4n) is 1.57. The summed E-state index contributed by atoms with van der Waals surface area (Å²) in [4.78, 5) is 2.19. The van der Waals surface area contributed by atoms with Gasteiger partial charge in [-0.15, -0.1) is 16.7 Å². The van der Waals surface area contributed by atoms with E-state index in [9.17, 15) is 0 Å². The van der Waals surface area contributed by atoms with E-state index in [0.29, 0.717) is 5.88 Å². The van der Waals surface area contributed by atoms with Gasteiger partial charge in [0.25, 0.3) is 0 Å². The molecule has 5 heteroatoms. The zero-order chi connectivity index (χ0) is 10.5. The Kier molecular flexibility index (Phi) is 3.75. The lowest BCUT2D eigenvalue weighted by molar-refractivity contribution is 0.152. The molecular formula is C10H14ClN3O. The highest BCUT2D eigenvalue weighted by Crippen LogP contribution is 2.12. The molecule has 1 fully saturated rings. The third kappa shape index (κ3) is 2.79. The van der Waals surface area contributed by atoms with Crippen LogP contribution in [0.5, 0.6) is 0 Å². The van der Waals surface area contributed by atoms with Gasteiger partial charge in [0.1, 0.15) is 0 Å². The molecule has 0 spiro atoms. The van der Waals surface area contributed by atoms with Gasteiger partial charge in [-0.3, -0.25) is 0 Å². The first-order chi connectivity index (χ1) is 7.40. The van der Waals surface area contributed by atoms with Crippen molar-refractivity contribution in [2.45, 2.75) is 12.3 Å². The number of aromatic nitrogens is 2. The molecule has 0 unspecified atom stereocenters. The van der Waals surface area contributed by atoms with Crippen LogP contribution in [0.25, 0.3) is 0 Å². The molecule has 0 saturated carbocycles. The van der Waals surface area contributed by atoms with Crippen LogP contribution in [-0.2, 0) is 10.6 Å². The monoisotopic (exact) mass is 227 g/mol. The highest BCUT2D eigenvalue weighted by Gasteiger charge is 2.11. The summed E-state index contributed by atoms with van der Waals surface area (Å²) < 4.78 is 5.38. The molecule has 0 amide bonds. The Bertz CT molecular complexity index is 296. The number of hydrogen-bond acceptors (Lipinski definition) is 4. The standard InChI is InChI=1S/C10H14ClN3O/c11-8-9-2-3-10(13-12-9)14-4-1-6-15-7-5-14/h2-3H,1,4-8H2. The topological polar surface area (TPSA) is 38.2 Å². The van der Waals surface area contributed by atoms with E-state index in [1.54, 1.807) is 0 Å². The zero-order valence-electron chi connectivity index (χ0n) is 8.53. The summed E-state index contributed by atoms with van der Waals surface area (Å²) in [5.41, 5.74) is 0.812. The van der Waals surface area contributed by atoms with E-state index in [1.807, 2.05) is 12.1 Å². The predicted octanol–water partition coefficient (Wildman–Crippen LogP) is 1.44. The lowest BCUT2D eigenvalue weighted by Gasteiger charge is -2.19. The van der Waals surface area contributed by atoms with Gasteiger partial charge in [0.05, 0.1) is 18.2 Å². The molecular weight excluding hydrogens is 214 g/mol. The Labute approximate surface area is 94.2 Å². The molecule has 1 aliphatic heterocycles. The van der Waals surface area contributed by atoms with Crippen LogP contribution in [-0.4, -0.2) is 36.5 Å². The van der Waals surface area contributed by atoms with E-state index < -0.39 is 0 Å². The average Bonchev–Trinajstić information content (AvgIpc) is 2.58. The highest BCUT2D eigenvalue weighted by atomic mass is 35.5. The van der Waals surface area contributed by atoms with Gasteiger partial charge in [0, 0.05) is 19.7 Å². The second-order valence-electron chi connectivity index (χ2n) is 3.47. The molecule has 0 N–H and O–H groups in total. The summed E-state index contributed by atoms with van der Waals surface area (Å²) in [6.45, 7) is 3.46. The summed E-state index contributed by atoms with van der Waals surface area (Å²) in [5.74, 6) is 1.32. The molecule has 1 saturated heterocycles. The van der Waals surface area contributed by atoms with Crippen LogP contribution in [0.4, 0.5) is 5.82 Å². The smallest absolute Gasteiger partial charge is 0.151 e. The van der Waals surface area contributed by atoms with Gasteiger partial charge in [-0.1, -0.05) is 0 Å². The van der Waals surface area contributed by atoms with E-state index in [4.69, 9.17) is 16.3 Å². The Morgan fingerprint density at radius 2 is 2.20 bits per heavy atom. The van der Waals surface area contributed by atoms with E-state index in [-0.39, 0.29) is 0 Å². The molecule has 82 valence electrons. The quantitative estimate of drug-likeness (QED) is 0.717. The van der Waals surface area contributed by atoms with Crippen LogP contribution in [0.3, 0.4) is 0 Å². The first kappa shape index (κ1) is 10.6. The molecule has 0 aliphatic carbocycles. The molecule has 1 aromatic heterocycles. The van der Waals surface area contributed by atoms with Crippen molar-refractivity contribution in [2.75, 3.05) is 31.2 Å². The van der Waals surface area contributed by atoms with Crippen molar-refractivity contribution in [3.63, 3.8) is 0 Å². The largest absolute Gasteiger partial charge is 0.380 e. The van der Waals surface area contributed by atoms with E-state index in [1.165, 1.54) is 0 Å². The summed E-state index contributed by atoms with van der Waals surface area (Å²) in [5, 5.41) is 8.19. The van der Waals surface area contributed by atoms with Crippen molar-refractivity contribution in [3.05, 3.63) is 17.8 Å². The maximum atomic E-state index is 5.66. The van der Waals surface area contributed by atoms with Gasteiger partial charge in [-0.05, 0) is 18.6 Å². The van der Waals surface area contributed by atoms with Crippen molar-refractivity contribution < 1.29 is 4.74 Å². The average molecular weight is 228 g/mol. The molecule has 0 aromatic carbocycles. The van der Waals surface area contributed by atoms with Gasteiger partial charge >= 0.3 is 0 Å². The number of alkyl halides is 1. The minimum atomic E-state index is 0.413. The Morgan fingerprint density at radius 1 is 1.27 bits per heavy atom. The van der Waals surface area contributed by atoms with E-state index in [0.717, 1.165) is 44.2 Å². The molecule has 2 heterocycles. The second kappa shape index (κ2) is 5.28. The summed E-state index contributed by atoms with van der Waals surface area (Å²) in [6.07, 6.45) is 1.04. The van der Waals surface area contributed by atoms with Crippen LogP contribution < -0.4 is 4.90 Å². The Balaban J connectivity index is 2.06. The fourth-order valence-corrected chi connectivity index (χ4v) is 1.71. The second-order valence-corrected chi connectivity index (χ2v) is 3.74. The van der Waals surface area contributed by atoms with Gasteiger partial charge in [-0.2, -0.15) is 5.10 Å². The first-order valence-corrected chi connectivity index (χ1v) is 5.65. The normalized spacial score (nSPS) is 17.5. The van der Waals surface area contributed by atoms with Crippen LogP contribution in [0, 0.1) is 0 Å². The van der Waals surface area contributed by atoms with Crippen molar-refractivity contribution >= 4 is 17.4 Å². The minimum Gasteiger partial charge on any atom is -0.380 e. The number of anilines is 1. The van der Waals surface area contributed by atoms with Crippen molar-refractivity contribution in [3.8, 4) is 0 Å². The number of rotatable bonds is 2. The molecule has 4 nitrogen and oxygen atoms in total. The van der Waals surface area contributed by atoms with Crippen molar-refractivity contribution in [2.24, 2.45) is 0 Å². The summed E-state index contributed by atoms with van der Waals surface area (Å²) in [7, 11) is 0. The predicted molar refractivity (Wildman–Crippen MR) is 59.2 cm³/mol. The van der Waals surface area contributed by atoms with Gasteiger partial charge in [0.2, 0.25) is 0 Å². The molecule has 2 rings (SSSR count). The van der Waals surface area contributed by atoms with Crippen molar-refractivity contribution in [1.29, 1.82) is 0 Å². The highest BCUT2D eigenvalue weighted by molar-refractivity contribution is 6.16. The molecule has 0 radical (unpaired) electrons. The van der Waals surface area contributed by atoms with Crippen LogP contribution >= 0.6 is 11.6 Å². The van der Waals surface area contributed by atoms with E-state index in [2.05, 4.69) is 15.1 Å². The van der Waals surface area contributed by atoms with Crippen molar-refractivity contribution in [1.82, 2.24) is 10.2 Å². The number of ether oxygens (including phenoxy) is 1. The van der Waals surface area contributed by atoms with Crippen LogP contribution in [0.15, 0.2) is 12.1 Å². The van der Waals surface area contributed by atoms with Crippen LogP contribution in [0.2, 0.25) is 0 Å².